The van der Waals surface area contributed by atoms with Gasteiger partial charge < -0.3 is 0 Å². The number of isocyanates is 1. The Morgan fingerprint density at radius 1 is 1.71 bits per heavy atom. The van der Waals surface area contributed by atoms with E-state index in [0.29, 0.717) is 10.9 Å². The molecule has 0 unspecified atom stereocenters. The van der Waals surface area contributed by atoms with Crippen molar-refractivity contribution >= 4 is 17.8 Å². The van der Waals surface area contributed by atoms with E-state index in [1.54, 1.807) is 6.92 Å². The van der Waals surface area contributed by atoms with Gasteiger partial charge in [-0.05, 0) is 13.2 Å². The largest absolute Gasteiger partial charge is 0.269 e. The van der Waals surface area contributed by atoms with Crippen LogP contribution in [0.25, 0.3) is 0 Å². The van der Waals surface area contributed by atoms with Crippen LogP contribution in [0.3, 0.4) is 0 Å². The Morgan fingerprint density at radius 3 is 3.00 bits per heavy atom. The van der Waals surface area contributed by atoms with Crippen LogP contribution in [-0.4, -0.2) is 21.9 Å². The molecule has 0 aliphatic rings. The molecule has 0 saturated heterocycles. The number of aryl methyl sites for hydroxylation is 1. The van der Waals surface area contributed by atoms with Crippen LogP contribution in [0.2, 0.25) is 0 Å². The maximum Gasteiger partial charge on any atom is 0.255 e. The summed E-state index contributed by atoms with van der Waals surface area (Å²) < 4.78 is 1.32. The third-order valence-corrected chi connectivity index (χ3v) is 2.24. The van der Waals surface area contributed by atoms with Crippen LogP contribution in [0.1, 0.15) is 5.69 Å². The summed E-state index contributed by atoms with van der Waals surface area (Å²) in [6, 6.07) is 1.40. The Labute approximate surface area is 84.9 Å². The van der Waals surface area contributed by atoms with Crippen LogP contribution >= 0.6 is 11.8 Å². The lowest BCUT2D eigenvalue weighted by molar-refractivity contribution is 0.549. The van der Waals surface area contributed by atoms with Crippen LogP contribution in [-0.2, 0) is 11.5 Å². The van der Waals surface area contributed by atoms with Crippen molar-refractivity contribution in [2.24, 2.45) is 4.99 Å². The lowest BCUT2D eigenvalue weighted by atomic mass is 10.4. The van der Waals surface area contributed by atoms with Crippen LogP contribution in [0.4, 0.5) is 0 Å². The zero-order valence-corrected chi connectivity index (χ0v) is 8.67. The molecular formula is C8H9N3O2S. The van der Waals surface area contributed by atoms with Crippen molar-refractivity contribution in [3.63, 3.8) is 0 Å². The molecule has 6 heteroatoms. The topological polar surface area (TPSA) is 64.3 Å². The minimum atomic E-state index is -0.208. The van der Waals surface area contributed by atoms with E-state index in [2.05, 4.69) is 9.98 Å². The number of rotatable bonds is 3. The average Bonchev–Trinajstić information content (AvgIpc) is 2.15. The molecule has 0 saturated carbocycles. The Balaban J connectivity index is 3.24. The fourth-order valence-corrected chi connectivity index (χ4v) is 1.58. The highest BCUT2D eigenvalue weighted by atomic mass is 32.2. The molecule has 0 N–H and O–H groups in total. The first-order valence-corrected chi connectivity index (χ1v) is 5.07. The van der Waals surface area contributed by atoms with Gasteiger partial charge in [-0.3, -0.25) is 9.36 Å². The van der Waals surface area contributed by atoms with Crippen molar-refractivity contribution in [1.82, 2.24) is 9.55 Å². The molecule has 0 amide bonds. The molecule has 14 heavy (non-hydrogen) atoms. The lowest BCUT2D eigenvalue weighted by Gasteiger charge is -2.06. The fourth-order valence-electron chi connectivity index (χ4n) is 0.980. The standard InChI is InChI=1S/C8H9N3O2S/c1-6-3-7(13)11(4-9-5-12)8(10-6)14-2/h3H,4H2,1-2H3. The van der Waals surface area contributed by atoms with Crippen molar-refractivity contribution in [2.45, 2.75) is 18.7 Å². The first kappa shape index (κ1) is 10.7. The normalized spacial score (nSPS) is 9.57. The SMILES string of the molecule is CSc1nc(C)cc(=O)n1CN=C=O. The summed E-state index contributed by atoms with van der Waals surface area (Å²) in [5.74, 6) is 0. The second-order valence-corrected chi connectivity index (χ2v) is 3.31. The molecule has 0 spiro atoms. The van der Waals surface area contributed by atoms with Gasteiger partial charge in [-0.25, -0.2) is 9.78 Å². The molecule has 0 aliphatic heterocycles. The summed E-state index contributed by atoms with van der Waals surface area (Å²) in [4.78, 5) is 28.9. The van der Waals surface area contributed by atoms with Gasteiger partial charge >= 0.3 is 0 Å². The van der Waals surface area contributed by atoms with Gasteiger partial charge in [0.25, 0.3) is 5.56 Å². The minimum absolute atomic E-state index is 0.0220. The van der Waals surface area contributed by atoms with Crippen LogP contribution in [0, 0.1) is 6.92 Å². The molecule has 0 radical (unpaired) electrons. The smallest absolute Gasteiger partial charge is 0.255 e. The predicted octanol–water partition coefficient (Wildman–Crippen LogP) is 0.567. The van der Waals surface area contributed by atoms with Gasteiger partial charge in [-0.15, -0.1) is 0 Å². The predicted molar refractivity (Wildman–Crippen MR) is 53.1 cm³/mol. The van der Waals surface area contributed by atoms with Gasteiger partial charge in [-0.1, -0.05) is 11.8 Å². The third-order valence-electron chi connectivity index (χ3n) is 1.56. The van der Waals surface area contributed by atoms with E-state index in [1.165, 1.54) is 28.5 Å². The number of hydrogen-bond donors (Lipinski definition) is 0. The summed E-state index contributed by atoms with van der Waals surface area (Å²) in [7, 11) is 0. The molecule has 0 aromatic carbocycles. The number of aliphatic imine (C=N–C) groups is 1. The quantitative estimate of drug-likeness (QED) is 0.317. The summed E-state index contributed by atoms with van der Waals surface area (Å²) in [6.45, 7) is 1.72. The Morgan fingerprint density at radius 2 is 2.43 bits per heavy atom. The molecule has 1 rings (SSSR count). The monoisotopic (exact) mass is 211 g/mol. The van der Waals surface area contributed by atoms with Gasteiger partial charge in [0.2, 0.25) is 6.08 Å². The van der Waals surface area contributed by atoms with Gasteiger partial charge in [0.1, 0.15) is 6.67 Å². The Bertz CT molecular complexity index is 435. The number of carbonyl (C=O) groups excluding carboxylic acids is 1. The van der Waals surface area contributed by atoms with Crippen molar-refractivity contribution in [3.8, 4) is 0 Å². The molecule has 1 aromatic rings. The van der Waals surface area contributed by atoms with Crippen LogP contribution < -0.4 is 5.56 Å². The molecule has 0 bridgehead atoms. The molecule has 1 aromatic heterocycles. The number of nitrogens with zero attached hydrogens (tertiary/aromatic N) is 3. The van der Waals surface area contributed by atoms with E-state index in [1.807, 2.05) is 6.26 Å². The van der Waals surface area contributed by atoms with E-state index < -0.39 is 0 Å². The maximum atomic E-state index is 11.4. The van der Waals surface area contributed by atoms with Crippen molar-refractivity contribution in [1.29, 1.82) is 0 Å². The number of aromatic nitrogens is 2. The molecule has 5 nitrogen and oxygen atoms in total. The van der Waals surface area contributed by atoms with E-state index in [0.717, 1.165) is 0 Å². The fraction of sp³-hybridized carbons (Fsp3) is 0.375. The molecule has 0 fully saturated rings. The van der Waals surface area contributed by atoms with E-state index in [9.17, 15) is 9.59 Å². The van der Waals surface area contributed by atoms with E-state index in [-0.39, 0.29) is 12.2 Å². The summed E-state index contributed by atoms with van der Waals surface area (Å²) in [6.07, 6.45) is 3.20. The Hall–Kier alpha value is -1.39. The van der Waals surface area contributed by atoms with Crippen molar-refractivity contribution in [3.05, 3.63) is 22.1 Å². The van der Waals surface area contributed by atoms with Crippen LogP contribution in [0.15, 0.2) is 21.0 Å². The van der Waals surface area contributed by atoms with Gasteiger partial charge in [0.05, 0.1) is 0 Å². The van der Waals surface area contributed by atoms with Crippen molar-refractivity contribution in [2.75, 3.05) is 6.26 Å². The van der Waals surface area contributed by atoms with Gasteiger partial charge in [0.15, 0.2) is 5.16 Å². The molecule has 74 valence electrons. The van der Waals surface area contributed by atoms with Gasteiger partial charge in [-0.2, -0.15) is 4.99 Å². The molecule has 1 heterocycles. The third kappa shape index (κ3) is 2.31. The molecule has 0 atom stereocenters. The lowest BCUT2D eigenvalue weighted by Crippen LogP contribution is -2.22. The number of thioether (sulfide) groups is 1. The molecular weight excluding hydrogens is 202 g/mol. The zero-order valence-electron chi connectivity index (χ0n) is 7.85. The number of hydrogen-bond acceptors (Lipinski definition) is 5. The van der Waals surface area contributed by atoms with E-state index >= 15 is 0 Å². The van der Waals surface area contributed by atoms with Crippen molar-refractivity contribution < 1.29 is 4.79 Å². The van der Waals surface area contributed by atoms with Gasteiger partial charge in [0, 0.05) is 11.8 Å². The first-order chi connectivity index (χ1) is 6.69. The first-order valence-electron chi connectivity index (χ1n) is 3.85. The summed E-state index contributed by atoms with van der Waals surface area (Å²) in [5.41, 5.74) is 0.450. The molecule has 0 aliphatic carbocycles. The zero-order chi connectivity index (χ0) is 10.6. The summed E-state index contributed by atoms with van der Waals surface area (Å²) in [5, 5.41) is 0.550. The second-order valence-electron chi connectivity index (χ2n) is 2.54. The highest BCUT2D eigenvalue weighted by Crippen LogP contribution is 2.09. The second kappa shape index (κ2) is 4.74. The minimum Gasteiger partial charge on any atom is -0.269 e. The average molecular weight is 211 g/mol. The Kier molecular flexibility index (Phi) is 3.62. The highest BCUT2D eigenvalue weighted by molar-refractivity contribution is 7.98. The highest BCUT2D eigenvalue weighted by Gasteiger charge is 2.04. The summed E-state index contributed by atoms with van der Waals surface area (Å²) >= 11 is 1.34. The van der Waals surface area contributed by atoms with Crippen LogP contribution in [0.5, 0.6) is 0 Å². The van der Waals surface area contributed by atoms with E-state index in [4.69, 9.17) is 0 Å². The maximum absolute atomic E-state index is 11.4.